The Bertz CT molecular complexity index is 1500. The summed E-state index contributed by atoms with van der Waals surface area (Å²) in [6, 6.07) is 9.73. The second-order valence-electron chi connectivity index (χ2n) is 8.99. The van der Waals surface area contributed by atoms with Gasteiger partial charge in [-0.15, -0.1) is 0 Å². The zero-order chi connectivity index (χ0) is 26.5. The Morgan fingerprint density at radius 1 is 1.11 bits per heavy atom. The molecule has 0 radical (unpaired) electrons. The van der Waals surface area contributed by atoms with Crippen LogP contribution in [0.15, 0.2) is 42.5 Å². The van der Waals surface area contributed by atoms with Gasteiger partial charge in [0.2, 0.25) is 5.82 Å². The minimum absolute atomic E-state index is 0.0163. The molecule has 2 aromatic heterocycles. The predicted octanol–water partition coefficient (Wildman–Crippen LogP) is 6.78. The number of hydrogen-bond donors (Lipinski definition) is 2. The number of aromatic nitrogens is 4. The largest absolute Gasteiger partial charge is 0.475 e. The van der Waals surface area contributed by atoms with Crippen molar-refractivity contribution < 1.29 is 23.1 Å². The summed E-state index contributed by atoms with van der Waals surface area (Å²) in [6.45, 7) is 2.11. The van der Waals surface area contributed by atoms with Crippen molar-refractivity contribution in [2.24, 2.45) is 5.92 Å². The van der Waals surface area contributed by atoms with Crippen molar-refractivity contribution in [3.8, 4) is 11.4 Å². The maximum atomic E-state index is 13.1. The molecule has 37 heavy (non-hydrogen) atoms. The average Bonchev–Trinajstić information content (AvgIpc) is 3.63. The average molecular weight is 550 g/mol. The van der Waals surface area contributed by atoms with Gasteiger partial charge >= 0.3 is 12.1 Å². The zero-order valence-corrected chi connectivity index (χ0v) is 20.9. The minimum Gasteiger partial charge on any atom is -0.475 e. The van der Waals surface area contributed by atoms with Gasteiger partial charge in [-0.3, -0.25) is 0 Å². The first-order valence-electron chi connectivity index (χ1n) is 11.4. The fourth-order valence-corrected chi connectivity index (χ4v) is 4.45. The summed E-state index contributed by atoms with van der Waals surface area (Å²) in [7, 11) is 0. The van der Waals surface area contributed by atoms with E-state index in [0.29, 0.717) is 33.4 Å². The molecule has 1 unspecified atom stereocenters. The summed E-state index contributed by atoms with van der Waals surface area (Å²) in [4.78, 5) is 24.8. The van der Waals surface area contributed by atoms with Crippen LogP contribution in [0.1, 0.15) is 41.5 Å². The van der Waals surface area contributed by atoms with E-state index in [1.54, 1.807) is 22.8 Å². The number of benzene rings is 2. The fraction of sp³-hybridized carbons (Fsp3) is 0.280. The van der Waals surface area contributed by atoms with E-state index >= 15 is 0 Å². The summed E-state index contributed by atoms with van der Waals surface area (Å²) in [5, 5.41) is 13.5. The number of nitrogens with one attached hydrogen (secondary N) is 1. The first kappa shape index (κ1) is 25.3. The fourth-order valence-electron chi connectivity index (χ4n) is 4.15. The van der Waals surface area contributed by atoms with Crippen LogP contribution in [0, 0.1) is 5.92 Å². The molecule has 1 fully saturated rings. The number of hydrogen-bond acceptors (Lipinski definition) is 5. The van der Waals surface area contributed by atoms with Crippen LogP contribution in [0.3, 0.4) is 0 Å². The van der Waals surface area contributed by atoms with Gasteiger partial charge in [-0.05, 0) is 61.6 Å². The molecule has 2 heterocycles. The van der Waals surface area contributed by atoms with Gasteiger partial charge in [0, 0.05) is 18.2 Å². The first-order valence-corrected chi connectivity index (χ1v) is 12.2. The number of halogens is 5. The number of carboxylic acid groups (broad SMARTS) is 1. The topological polar surface area (TPSA) is 92.9 Å². The molecule has 192 valence electrons. The van der Waals surface area contributed by atoms with Gasteiger partial charge in [0.05, 0.1) is 15.6 Å². The van der Waals surface area contributed by atoms with Gasteiger partial charge in [-0.1, -0.05) is 35.3 Å². The van der Waals surface area contributed by atoms with E-state index in [9.17, 15) is 23.1 Å². The van der Waals surface area contributed by atoms with Crippen LogP contribution in [-0.4, -0.2) is 36.6 Å². The van der Waals surface area contributed by atoms with Crippen LogP contribution in [0.2, 0.25) is 10.0 Å². The van der Waals surface area contributed by atoms with Crippen LogP contribution in [0.4, 0.5) is 19.0 Å². The van der Waals surface area contributed by atoms with E-state index < -0.39 is 23.5 Å². The Kier molecular flexibility index (Phi) is 6.49. The summed E-state index contributed by atoms with van der Waals surface area (Å²) < 4.78 is 41.0. The Labute approximate surface area is 219 Å². The third kappa shape index (κ3) is 5.21. The summed E-state index contributed by atoms with van der Waals surface area (Å²) in [5.74, 6) is -0.630. The molecular formula is C25H20Cl2F3N5O2. The smallest absolute Gasteiger partial charge is 0.416 e. The molecule has 0 saturated heterocycles. The van der Waals surface area contributed by atoms with E-state index in [0.717, 1.165) is 25.0 Å². The molecule has 1 aliphatic rings. The van der Waals surface area contributed by atoms with E-state index in [2.05, 4.69) is 20.3 Å². The van der Waals surface area contributed by atoms with Crippen LogP contribution in [0.5, 0.6) is 0 Å². The zero-order valence-electron chi connectivity index (χ0n) is 19.4. The van der Waals surface area contributed by atoms with Crippen LogP contribution in [0.25, 0.3) is 22.6 Å². The number of rotatable bonds is 7. The Morgan fingerprint density at radius 2 is 1.81 bits per heavy atom. The first-order chi connectivity index (χ1) is 17.5. The Morgan fingerprint density at radius 3 is 2.41 bits per heavy atom. The van der Waals surface area contributed by atoms with Crippen LogP contribution < -0.4 is 5.32 Å². The highest BCUT2D eigenvalue weighted by Gasteiger charge is 2.31. The van der Waals surface area contributed by atoms with Crippen molar-refractivity contribution in [2.45, 2.75) is 38.5 Å². The Hall–Kier alpha value is -3.37. The summed E-state index contributed by atoms with van der Waals surface area (Å²) in [6.07, 6.45) is -2.36. The second-order valence-corrected chi connectivity index (χ2v) is 9.80. The lowest BCUT2D eigenvalue weighted by molar-refractivity contribution is -0.137. The van der Waals surface area contributed by atoms with Crippen molar-refractivity contribution in [3.63, 3.8) is 0 Å². The van der Waals surface area contributed by atoms with Gasteiger partial charge in [0.1, 0.15) is 11.3 Å². The highest BCUT2D eigenvalue weighted by Crippen LogP contribution is 2.37. The molecule has 7 nitrogen and oxygen atoms in total. The van der Waals surface area contributed by atoms with E-state index in [1.807, 2.05) is 6.92 Å². The maximum absolute atomic E-state index is 13.1. The number of alkyl halides is 3. The molecule has 1 aliphatic carbocycles. The predicted molar refractivity (Wildman–Crippen MR) is 134 cm³/mol. The molecule has 0 bridgehead atoms. The second kappa shape index (κ2) is 9.50. The third-order valence-electron chi connectivity index (χ3n) is 6.29. The molecule has 4 aromatic rings. The van der Waals surface area contributed by atoms with Gasteiger partial charge < -0.3 is 15.0 Å². The lowest BCUT2D eigenvalue weighted by Crippen LogP contribution is -2.20. The van der Waals surface area contributed by atoms with Crippen LogP contribution in [-0.2, 0) is 12.7 Å². The molecule has 2 aromatic carbocycles. The van der Waals surface area contributed by atoms with E-state index in [1.165, 1.54) is 12.1 Å². The van der Waals surface area contributed by atoms with Crippen molar-refractivity contribution in [1.82, 2.24) is 19.5 Å². The Balaban J connectivity index is 1.70. The molecule has 1 saturated carbocycles. The van der Waals surface area contributed by atoms with Gasteiger partial charge in [-0.25, -0.2) is 19.7 Å². The van der Waals surface area contributed by atoms with Crippen molar-refractivity contribution in [3.05, 3.63) is 69.5 Å². The maximum Gasteiger partial charge on any atom is 0.416 e. The number of nitrogens with zero attached hydrogens (tertiary/aromatic N) is 4. The van der Waals surface area contributed by atoms with Gasteiger partial charge in [-0.2, -0.15) is 13.2 Å². The van der Waals surface area contributed by atoms with Gasteiger partial charge in [0.15, 0.2) is 11.5 Å². The SMILES string of the molecule is CC(Nc1nc(C(=O)O)nc2nc(-c3ccc(Cl)c(Cl)c3)n(Cc3ccc(C(F)(F)F)cc3)c12)C1CC1. The quantitative estimate of drug-likeness (QED) is 0.264. The minimum atomic E-state index is -4.46. The molecule has 0 amide bonds. The normalized spacial score (nSPS) is 14.6. The number of fused-ring (bicyclic) bond motifs is 1. The van der Waals surface area contributed by atoms with Crippen molar-refractivity contribution in [2.75, 3.05) is 5.32 Å². The number of carboxylic acids is 1. The molecule has 0 spiro atoms. The number of anilines is 1. The number of aromatic carboxylic acids is 1. The lowest BCUT2D eigenvalue weighted by atomic mass is 10.1. The molecule has 0 aliphatic heterocycles. The highest BCUT2D eigenvalue weighted by atomic mass is 35.5. The molecule has 1 atom stereocenters. The van der Waals surface area contributed by atoms with Gasteiger partial charge in [0.25, 0.3) is 0 Å². The number of carbonyl (C=O) groups is 1. The van der Waals surface area contributed by atoms with Crippen molar-refractivity contribution in [1.29, 1.82) is 0 Å². The standard InChI is InChI=1S/C25H20Cl2F3N5O2/c1-12(14-4-5-14)31-20-19-21(33-22(32-20)24(36)37)34-23(15-6-9-17(26)18(27)10-15)35(19)11-13-2-7-16(8-3-13)25(28,29)30/h2-3,6-10,12,14H,4-5,11H2,1H3,(H,36,37)(H,31,32,33). The van der Waals surface area contributed by atoms with E-state index in [-0.39, 0.29) is 29.1 Å². The molecule has 5 rings (SSSR count). The highest BCUT2D eigenvalue weighted by molar-refractivity contribution is 6.42. The van der Waals surface area contributed by atoms with Crippen molar-refractivity contribution >= 4 is 46.2 Å². The van der Waals surface area contributed by atoms with E-state index in [4.69, 9.17) is 23.2 Å². The number of imidazole rings is 1. The monoisotopic (exact) mass is 549 g/mol. The summed E-state index contributed by atoms with van der Waals surface area (Å²) >= 11 is 12.3. The van der Waals surface area contributed by atoms with Crippen LogP contribution >= 0.6 is 23.2 Å². The molecule has 2 N–H and O–H groups in total. The lowest BCUT2D eigenvalue weighted by Gasteiger charge is -2.17. The third-order valence-corrected chi connectivity index (χ3v) is 7.03. The molecular weight excluding hydrogens is 530 g/mol. The summed E-state index contributed by atoms with van der Waals surface area (Å²) in [5.41, 5.74) is 0.935. The molecule has 12 heteroatoms.